The number of rotatable bonds is 8. The maximum atomic E-state index is 5.79. The second-order valence-electron chi connectivity index (χ2n) is 5.88. The van der Waals surface area contributed by atoms with Crippen LogP contribution >= 0.6 is 0 Å². The molecule has 1 N–H and O–H groups in total. The molecule has 2 heteroatoms. The van der Waals surface area contributed by atoms with Gasteiger partial charge in [0.15, 0.2) is 0 Å². The quantitative estimate of drug-likeness (QED) is 0.742. The van der Waals surface area contributed by atoms with Gasteiger partial charge in [-0.2, -0.15) is 0 Å². The standard InChI is InChI=1S/C17H29NO/c1-6-10-18-17(11-13(2)3)15-8-7-9-16(12-15)19-14(4)5/h7-9,12-14,17-18H,6,10-11H2,1-5H3. The van der Waals surface area contributed by atoms with Crippen molar-refractivity contribution in [1.29, 1.82) is 0 Å². The molecule has 0 aliphatic rings. The van der Waals surface area contributed by atoms with Crippen molar-refractivity contribution in [3.8, 4) is 5.75 Å². The van der Waals surface area contributed by atoms with Crippen LogP contribution < -0.4 is 10.1 Å². The summed E-state index contributed by atoms with van der Waals surface area (Å²) in [5.41, 5.74) is 1.33. The third-order valence-electron chi connectivity index (χ3n) is 2.98. The first-order valence-corrected chi connectivity index (χ1v) is 7.53. The Balaban J connectivity index is 2.81. The highest BCUT2D eigenvalue weighted by atomic mass is 16.5. The van der Waals surface area contributed by atoms with E-state index in [9.17, 15) is 0 Å². The molecule has 0 aromatic heterocycles. The Bertz CT molecular complexity index is 360. The molecular formula is C17H29NO. The van der Waals surface area contributed by atoms with Gasteiger partial charge in [-0.3, -0.25) is 0 Å². The van der Waals surface area contributed by atoms with E-state index in [-0.39, 0.29) is 6.10 Å². The van der Waals surface area contributed by atoms with E-state index in [2.05, 4.69) is 58.1 Å². The molecule has 0 spiro atoms. The molecule has 0 radical (unpaired) electrons. The Hall–Kier alpha value is -1.02. The van der Waals surface area contributed by atoms with Gasteiger partial charge in [-0.25, -0.2) is 0 Å². The van der Waals surface area contributed by atoms with Crippen LogP contribution in [0.1, 0.15) is 59.1 Å². The van der Waals surface area contributed by atoms with Crippen LogP contribution in [0.3, 0.4) is 0 Å². The summed E-state index contributed by atoms with van der Waals surface area (Å²) in [5.74, 6) is 1.66. The van der Waals surface area contributed by atoms with Gasteiger partial charge < -0.3 is 10.1 Å². The van der Waals surface area contributed by atoms with Crippen molar-refractivity contribution in [2.24, 2.45) is 5.92 Å². The second kappa shape index (κ2) is 8.21. The summed E-state index contributed by atoms with van der Waals surface area (Å²) in [6.07, 6.45) is 2.55. The third kappa shape index (κ3) is 6.11. The van der Waals surface area contributed by atoms with Crippen LogP contribution in [-0.2, 0) is 0 Å². The molecule has 1 unspecified atom stereocenters. The lowest BCUT2D eigenvalue weighted by Gasteiger charge is -2.22. The van der Waals surface area contributed by atoms with Crippen LogP contribution in [0.5, 0.6) is 5.75 Å². The van der Waals surface area contributed by atoms with Gasteiger partial charge in [0.2, 0.25) is 0 Å². The monoisotopic (exact) mass is 263 g/mol. The zero-order valence-electron chi connectivity index (χ0n) is 13.1. The third-order valence-corrected chi connectivity index (χ3v) is 2.98. The summed E-state index contributed by atoms with van der Waals surface area (Å²) >= 11 is 0. The number of nitrogens with one attached hydrogen (secondary N) is 1. The van der Waals surface area contributed by atoms with Gasteiger partial charge in [0, 0.05) is 6.04 Å². The van der Waals surface area contributed by atoms with Crippen molar-refractivity contribution in [2.45, 2.75) is 59.6 Å². The first-order valence-electron chi connectivity index (χ1n) is 7.53. The number of ether oxygens (including phenoxy) is 1. The van der Waals surface area contributed by atoms with E-state index < -0.39 is 0 Å². The maximum Gasteiger partial charge on any atom is 0.120 e. The molecule has 0 amide bonds. The van der Waals surface area contributed by atoms with Crippen molar-refractivity contribution in [1.82, 2.24) is 5.32 Å². The minimum Gasteiger partial charge on any atom is -0.491 e. The summed E-state index contributed by atoms with van der Waals surface area (Å²) < 4.78 is 5.79. The zero-order valence-corrected chi connectivity index (χ0v) is 13.1. The molecule has 0 fully saturated rings. The van der Waals surface area contributed by atoms with Crippen LogP contribution in [0.4, 0.5) is 0 Å². The van der Waals surface area contributed by atoms with E-state index in [1.807, 2.05) is 6.07 Å². The molecule has 19 heavy (non-hydrogen) atoms. The summed E-state index contributed by atoms with van der Waals surface area (Å²) in [4.78, 5) is 0. The van der Waals surface area contributed by atoms with Crippen LogP contribution in [0.2, 0.25) is 0 Å². The Kier molecular flexibility index (Phi) is 6.93. The van der Waals surface area contributed by atoms with Gasteiger partial charge in [0.05, 0.1) is 6.10 Å². The van der Waals surface area contributed by atoms with Crippen molar-refractivity contribution >= 4 is 0 Å². The Morgan fingerprint density at radius 1 is 1.16 bits per heavy atom. The smallest absolute Gasteiger partial charge is 0.120 e. The molecule has 1 atom stereocenters. The van der Waals surface area contributed by atoms with Crippen LogP contribution in [-0.4, -0.2) is 12.6 Å². The molecule has 0 saturated heterocycles. The number of benzene rings is 1. The molecule has 108 valence electrons. The van der Waals surface area contributed by atoms with Crippen LogP contribution in [0, 0.1) is 5.92 Å². The average molecular weight is 263 g/mol. The topological polar surface area (TPSA) is 21.3 Å². The van der Waals surface area contributed by atoms with Crippen molar-refractivity contribution in [3.63, 3.8) is 0 Å². The summed E-state index contributed by atoms with van der Waals surface area (Å²) in [6.45, 7) is 11.9. The van der Waals surface area contributed by atoms with Crippen LogP contribution in [0.15, 0.2) is 24.3 Å². The van der Waals surface area contributed by atoms with Crippen LogP contribution in [0.25, 0.3) is 0 Å². The fourth-order valence-electron chi connectivity index (χ4n) is 2.20. The molecule has 2 nitrogen and oxygen atoms in total. The predicted octanol–water partition coefficient (Wildman–Crippen LogP) is 4.56. The molecule has 0 aliphatic carbocycles. The van der Waals surface area contributed by atoms with Crippen molar-refractivity contribution in [2.75, 3.05) is 6.54 Å². The molecule has 0 aliphatic heterocycles. The molecule has 0 heterocycles. The largest absolute Gasteiger partial charge is 0.491 e. The second-order valence-corrected chi connectivity index (χ2v) is 5.88. The normalized spacial score (nSPS) is 13.0. The fourth-order valence-corrected chi connectivity index (χ4v) is 2.20. The molecule has 1 aromatic rings. The summed E-state index contributed by atoms with van der Waals surface area (Å²) in [6, 6.07) is 8.93. The molecule has 0 saturated carbocycles. The Morgan fingerprint density at radius 3 is 2.47 bits per heavy atom. The van der Waals surface area contributed by atoms with Gasteiger partial charge in [-0.1, -0.05) is 32.9 Å². The number of hydrogen-bond donors (Lipinski definition) is 1. The first kappa shape index (κ1) is 16.0. The highest BCUT2D eigenvalue weighted by Crippen LogP contribution is 2.25. The minimum atomic E-state index is 0.224. The predicted molar refractivity (Wildman–Crippen MR) is 82.7 cm³/mol. The van der Waals surface area contributed by atoms with Gasteiger partial charge in [0.1, 0.15) is 5.75 Å². The summed E-state index contributed by atoms with van der Waals surface area (Å²) in [7, 11) is 0. The van der Waals surface area contributed by atoms with E-state index in [1.165, 1.54) is 5.56 Å². The van der Waals surface area contributed by atoms with Crippen molar-refractivity contribution in [3.05, 3.63) is 29.8 Å². The molecular weight excluding hydrogens is 234 g/mol. The van der Waals surface area contributed by atoms with Gasteiger partial charge in [-0.15, -0.1) is 0 Å². The Labute approximate surface area is 118 Å². The SMILES string of the molecule is CCCNC(CC(C)C)c1cccc(OC(C)C)c1. The van der Waals surface area contributed by atoms with E-state index in [0.29, 0.717) is 12.0 Å². The molecule has 1 aromatic carbocycles. The van der Waals surface area contributed by atoms with Gasteiger partial charge >= 0.3 is 0 Å². The van der Waals surface area contributed by atoms with E-state index in [1.54, 1.807) is 0 Å². The van der Waals surface area contributed by atoms with E-state index >= 15 is 0 Å². The van der Waals surface area contributed by atoms with Crippen molar-refractivity contribution < 1.29 is 4.74 Å². The first-order chi connectivity index (χ1) is 9.02. The van der Waals surface area contributed by atoms with Gasteiger partial charge in [0.25, 0.3) is 0 Å². The lowest BCUT2D eigenvalue weighted by Crippen LogP contribution is -2.23. The van der Waals surface area contributed by atoms with E-state index in [0.717, 1.165) is 25.1 Å². The minimum absolute atomic E-state index is 0.224. The Morgan fingerprint density at radius 2 is 1.89 bits per heavy atom. The van der Waals surface area contributed by atoms with Gasteiger partial charge in [-0.05, 0) is 56.8 Å². The molecule has 0 bridgehead atoms. The lowest BCUT2D eigenvalue weighted by atomic mass is 9.96. The number of hydrogen-bond acceptors (Lipinski definition) is 2. The maximum absolute atomic E-state index is 5.79. The zero-order chi connectivity index (χ0) is 14.3. The van der Waals surface area contributed by atoms with E-state index in [4.69, 9.17) is 4.74 Å². The molecule has 1 rings (SSSR count). The fraction of sp³-hybridized carbons (Fsp3) is 0.647. The highest BCUT2D eigenvalue weighted by molar-refractivity contribution is 5.30. The lowest BCUT2D eigenvalue weighted by molar-refractivity contribution is 0.242. The summed E-state index contributed by atoms with van der Waals surface area (Å²) in [5, 5.41) is 3.64. The average Bonchev–Trinajstić information content (AvgIpc) is 2.33. The highest BCUT2D eigenvalue weighted by Gasteiger charge is 2.13.